The normalized spacial score (nSPS) is 24.1. The first kappa shape index (κ1) is 20.4. The zero-order chi connectivity index (χ0) is 19.9. The predicted octanol–water partition coefficient (Wildman–Crippen LogP) is 1.94. The molecule has 6 nitrogen and oxygen atoms in total. The molecule has 1 aliphatic heterocycles. The van der Waals surface area contributed by atoms with Gasteiger partial charge >= 0.3 is 0 Å². The average Bonchev–Trinajstić information content (AvgIpc) is 2.73. The summed E-state index contributed by atoms with van der Waals surface area (Å²) >= 11 is 0. The highest BCUT2D eigenvalue weighted by Gasteiger charge is 2.34. The summed E-state index contributed by atoms with van der Waals surface area (Å²) in [5.41, 5.74) is 1.06. The lowest BCUT2D eigenvalue weighted by Gasteiger charge is -2.34. The lowest BCUT2D eigenvalue weighted by Crippen LogP contribution is -2.49. The molecule has 0 radical (unpaired) electrons. The molecule has 1 aliphatic carbocycles. The van der Waals surface area contributed by atoms with Crippen molar-refractivity contribution in [3.8, 4) is 0 Å². The molecule has 1 heterocycles. The summed E-state index contributed by atoms with van der Waals surface area (Å²) in [6, 6.07) is 9.78. The number of piperazine rings is 1. The molecule has 150 valence electrons. The molecular formula is C22H29N3O3. The van der Waals surface area contributed by atoms with Gasteiger partial charge in [0.1, 0.15) is 17.5 Å². The Labute approximate surface area is 166 Å². The van der Waals surface area contributed by atoms with Crippen molar-refractivity contribution in [2.24, 2.45) is 10.9 Å². The molecular weight excluding hydrogens is 354 g/mol. The third-order valence-electron chi connectivity index (χ3n) is 5.69. The predicted molar refractivity (Wildman–Crippen MR) is 109 cm³/mol. The van der Waals surface area contributed by atoms with Crippen molar-refractivity contribution < 1.29 is 14.4 Å². The maximum absolute atomic E-state index is 12.5. The van der Waals surface area contributed by atoms with Crippen molar-refractivity contribution in [3.63, 3.8) is 0 Å². The number of carbonyl (C=O) groups is 3. The van der Waals surface area contributed by atoms with E-state index < -0.39 is 5.92 Å². The molecule has 0 bridgehead atoms. The van der Waals surface area contributed by atoms with Gasteiger partial charge in [0.2, 0.25) is 5.91 Å². The van der Waals surface area contributed by atoms with Gasteiger partial charge in [0.05, 0.1) is 6.54 Å². The smallest absolute Gasteiger partial charge is 0.222 e. The summed E-state index contributed by atoms with van der Waals surface area (Å²) < 4.78 is 0. The van der Waals surface area contributed by atoms with Crippen LogP contribution in [0.25, 0.3) is 0 Å². The number of ketones is 2. The molecule has 3 rings (SSSR count). The van der Waals surface area contributed by atoms with Gasteiger partial charge in [-0.2, -0.15) is 0 Å². The van der Waals surface area contributed by atoms with Crippen LogP contribution >= 0.6 is 0 Å². The third kappa shape index (κ3) is 5.13. The van der Waals surface area contributed by atoms with E-state index >= 15 is 0 Å². The van der Waals surface area contributed by atoms with Gasteiger partial charge in [-0.25, -0.2) is 0 Å². The average molecular weight is 383 g/mol. The topological polar surface area (TPSA) is 70.1 Å². The minimum atomic E-state index is -0.681. The van der Waals surface area contributed by atoms with Crippen molar-refractivity contribution in [1.29, 1.82) is 0 Å². The number of aliphatic imine (C=N–C) groups is 1. The Kier molecular flexibility index (Phi) is 7.09. The molecule has 1 aromatic rings. The van der Waals surface area contributed by atoms with Crippen LogP contribution in [-0.4, -0.2) is 72.8 Å². The number of Topliss-reactive ketones (excluding diaryl/α,β-unsaturated/α-hetero) is 2. The number of carbonyl (C=O) groups excluding carboxylic acids is 3. The van der Waals surface area contributed by atoms with Crippen LogP contribution in [0.15, 0.2) is 35.3 Å². The van der Waals surface area contributed by atoms with Gasteiger partial charge in [0, 0.05) is 58.2 Å². The Morgan fingerprint density at radius 3 is 2.32 bits per heavy atom. The van der Waals surface area contributed by atoms with E-state index in [0.29, 0.717) is 25.8 Å². The molecule has 0 N–H and O–H groups in total. The third-order valence-corrected chi connectivity index (χ3v) is 5.69. The second-order valence-corrected chi connectivity index (χ2v) is 7.56. The summed E-state index contributed by atoms with van der Waals surface area (Å²) in [4.78, 5) is 45.2. The zero-order valence-corrected chi connectivity index (χ0v) is 16.5. The monoisotopic (exact) mass is 383 g/mol. The van der Waals surface area contributed by atoms with Gasteiger partial charge < -0.3 is 4.90 Å². The van der Waals surface area contributed by atoms with Crippen LogP contribution in [0.1, 0.15) is 37.7 Å². The molecule has 0 aromatic heterocycles. The van der Waals surface area contributed by atoms with Gasteiger partial charge in [-0.15, -0.1) is 0 Å². The van der Waals surface area contributed by atoms with Crippen LogP contribution in [0.2, 0.25) is 0 Å². The molecule has 0 spiro atoms. The molecule has 1 amide bonds. The van der Waals surface area contributed by atoms with Crippen molar-refractivity contribution in [1.82, 2.24) is 9.80 Å². The fourth-order valence-corrected chi connectivity index (χ4v) is 3.94. The molecule has 2 aliphatic rings. The number of hydrogen-bond acceptors (Lipinski definition) is 5. The second kappa shape index (κ2) is 9.73. The van der Waals surface area contributed by atoms with Crippen molar-refractivity contribution in [3.05, 3.63) is 35.9 Å². The van der Waals surface area contributed by atoms with Gasteiger partial charge in [0.25, 0.3) is 0 Å². The molecule has 1 saturated carbocycles. The van der Waals surface area contributed by atoms with E-state index in [4.69, 9.17) is 0 Å². The quantitative estimate of drug-likeness (QED) is 0.556. The maximum Gasteiger partial charge on any atom is 0.222 e. The fraction of sp³-hybridized carbons (Fsp3) is 0.545. The van der Waals surface area contributed by atoms with E-state index in [2.05, 4.69) is 9.89 Å². The molecule has 1 saturated heterocycles. The summed E-state index contributed by atoms with van der Waals surface area (Å²) in [7, 11) is 0. The lowest BCUT2D eigenvalue weighted by atomic mass is 9.77. The standard InChI is InChI=1S/C22H29N3O3/c1-2-22(28)25-12-10-24(11-13-25)9-8-23-16-19-20(26)14-18(15-21(19)27)17-6-4-3-5-7-17/h3-7,16,18-19H,2,8-15H2,1H3. The van der Waals surface area contributed by atoms with E-state index in [9.17, 15) is 14.4 Å². The van der Waals surface area contributed by atoms with Crippen LogP contribution in [0.4, 0.5) is 0 Å². The van der Waals surface area contributed by atoms with Gasteiger partial charge in [-0.1, -0.05) is 37.3 Å². The zero-order valence-electron chi connectivity index (χ0n) is 16.5. The second-order valence-electron chi connectivity index (χ2n) is 7.56. The van der Waals surface area contributed by atoms with Gasteiger partial charge in [-0.05, 0) is 11.5 Å². The SMILES string of the molecule is CCC(=O)N1CCN(CCN=CC2C(=O)CC(c3ccccc3)CC2=O)CC1. The summed E-state index contributed by atoms with van der Waals surface area (Å²) in [6.07, 6.45) is 2.92. The first-order valence-corrected chi connectivity index (χ1v) is 10.2. The highest BCUT2D eigenvalue weighted by Crippen LogP contribution is 2.31. The molecule has 0 atom stereocenters. The summed E-state index contributed by atoms with van der Waals surface area (Å²) in [5.74, 6) is -0.533. The van der Waals surface area contributed by atoms with Crippen LogP contribution in [-0.2, 0) is 14.4 Å². The number of amides is 1. The molecule has 0 unspecified atom stereocenters. The highest BCUT2D eigenvalue weighted by atomic mass is 16.2. The highest BCUT2D eigenvalue weighted by molar-refractivity contribution is 6.16. The largest absolute Gasteiger partial charge is 0.340 e. The molecule has 6 heteroatoms. The molecule has 1 aromatic carbocycles. The fourth-order valence-electron chi connectivity index (χ4n) is 3.94. The van der Waals surface area contributed by atoms with Gasteiger partial charge in [0.15, 0.2) is 0 Å². The number of rotatable bonds is 6. The minimum Gasteiger partial charge on any atom is -0.340 e. The Morgan fingerprint density at radius 2 is 1.71 bits per heavy atom. The van der Waals surface area contributed by atoms with Crippen molar-refractivity contribution in [2.45, 2.75) is 32.1 Å². The number of benzene rings is 1. The van der Waals surface area contributed by atoms with Crippen LogP contribution in [0.5, 0.6) is 0 Å². The van der Waals surface area contributed by atoms with Crippen LogP contribution in [0.3, 0.4) is 0 Å². The number of nitrogens with zero attached hydrogens (tertiary/aromatic N) is 3. The Balaban J connectivity index is 1.43. The van der Waals surface area contributed by atoms with E-state index in [-0.39, 0.29) is 23.4 Å². The van der Waals surface area contributed by atoms with Crippen LogP contribution < -0.4 is 0 Å². The Hall–Kier alpha value is -2.34. The van der Waals surface area contributed by atoms with Gasteiger partial charge in [-0.3, -0.25) is 24.3 Å². The summed E-state index contributed by atoms with van der Waals surface area (Å²) in [5, 5.41) is 0. The molecule has 2 fully saturated rings. The number of hydrogen-bond donors (Lipinski definition) is 0. The van der Waals surface area contributed by atoms with E-state index in [0.717, 1.165) is 38.3 Å². The first-order chi connectivity index (χ1) is 13.6. The van der Waals surface area contributed by atoms with E-state index in [1.807, 2.05) is 42.2 Å². The minimum absolute atomic E-state index is 0.00650. The van der Waals surface area contributed by atoms with Crippen LogP contribution in [0, 0.1) is 5.92 Å². The first-order valence-electron chi connectivity index (χ1n) is 10.2. The van der Waals surface area contributed by atoms with Crippen molar-refractivity contribution >= 4 is 23.7 Å². The molecule has 28 heavy (non-hydrogen) atoms. The lowest BCUT2D eigenvalue weighted by molar-refractivity contribution is -0.133. The maximum atomic E-state index is 12.5. The Bertz CT molecular complexity index is 706. The Morgan fingerprint density at radius 1 is 1.07 bits per heavy atom. The van der Waals surface area contributed by atoms with E-state index in [1.165, 1.54) is 0 Å². The van der Waals surface area contributed by atoms with Crippen molar-refractivity contribution in [2.75, 3.05) is 39.3 Å². The summed E-state index contributed by atoms with van der Waals surface area (Å²) in [6.45, 7) is 6.46. The van der Waals surface area contributed by atoms with E-state index in [1.54, 1.807) is 6.21 Å².